The highest BCUT2D eigenvalue weighted by Crippen LogP contribution is 2.75. The molecule has 0 aromatic heterocycles. The summed E-state index contributed by atoms with van der Waals surface area (Å²) < 4.78 is 0. The molecule has 2 N–H and O–H groups in total. The van der Waals surface area contributed by atoms with Gasteiger partial charge in [0.2, 0.25) is 0 Å². The van der Waals surface area contributed by atoms with Gasteiger partial charge in [0.05, 0.1) is 11.5 Å². The molecule has 190 valence electrons. The highest BCUT2D eigenvalue weighted by molar-refractivity contribution is 5.85. The molecule has 34 heavy (non-hydrogen) atoms. The van der Waals surface area contributed by atoms with Gasteiger partial charge in [0.25, 0.3) is 0 Å². The van der Waals surface area contributed by atoms with Crippen LogP contribution in [-0.2, 0) is 9.59 Å². The zero-order chi connectivity index (χ0) is 25.1. The van der Waals surface area contributed by atoms with Crippen molar-refractivity contribution in [2.24, 2.45) is 50.2 Å². The molecule has 0 aromatic rings. The molecule has 0 radical (unpaired) electrons. The average molecular weight is 471 g/mol. The van der Waals surface area contributed by atoms with E-state index in [0.717, 1.165) is 38.5 Å². The maximum absolute atomic E-state index is 12.9. The molecule has 5 rings (SSSR count). The summed E-state index contributed by atoms with van der Waals surface area (Å²) >= 11 is 0. The van der Waals surface area contributed by atoms with E-state index in [4.69, 9.17) is 0 Å². The number of hydrogen-bond acceptors (Lipinski definition) is 3. The van der Waals surface area contributed by atoms with Gasteiger partial charge in [-0.3, -0.25) is 9.59 Å². The monoisotopic (exact) mass is 470 g/mol. The standard InChI is InChI=1S/C30H46O4/c1-25(2)20-10-13-30(7)21(28(20,5)12-11-22(25)31)9-8-18-19-16-26(3,24(33)34)17-23(32)27(19,4)14-15-29(18,30)6/h8,19-21,23,32H,9-17H2,1-7H3,(H,33,34)/t19-,20-,21-,23+,26-,27-,28+,29-,30-/m1/s1. The molecule has 0 aromatic carbocycles. The number of rotatable bonds is 1. The van der Waals surface area contributed by atoms with Crippen molar-refractivity contribution in [3.8, 4) is 0 Å². The highest BCUT2D eigenvalue weighted by Gasteiger charge is 2.69. The summed E-state index contributed by atoms with van der Waals surface area (Å²) in [6.45, 7) is 15.9. The van der Waals surface area contributed by atoms with Crippen molar-refractivity contribution < 1.29 is 19.8 Å². The third-order valence-electron chi connectivity index (χ3n) is 13.2. The summed E-state index contributed by atoms with van der Waals surface area (Å²) in [5, 5.41) is 21.3. The molecule has 0 aliphatic heterocycles. The summed E-state index contributed by atoms with van der Waals surface area (Å²) in [7, 11) is 0. The van der Waals surface area contributed by atoms with Crippen LogP contribution in [0.3, 0.4) is 0 Å². The summed E-state index contributed by atoms with van der Waals surface area (Å²) in [6, 6.07) is 0. The summed E-state index contributed by atoms with van der Waals surface area (Å²) in [5.74, 6) is 0.740. The van der Waals surface area contributed by atoms with E-state index in [0.29, 0.717) is 36.9 Å². The second-order valence-corrected chi connectivity index (χ2v) is 14.8. The second-order valence-electron chi connectivity index (χ2n) is 14.8. The topological polar surface area (TPSA) is 74.6 Å². The number of carbonyl (C=O) groups excluding carboxylic acids is 1. The van der Waals surface area contributed by atoms with Crippen LogP contribution in [0.4, 0.5) is 0 Å². The van der Waals surface area contributed by atoms with Crippen molar-refractivity contribution in [2.45, 2.75) is 112 Å². The van der Waals surface area contributed by atoms with E-state index in [1.807, 2.05) is 6.92 Å². The van der Waals surface area contributed by atoms with Crippen LogP contribution in [-0.4, -0.2) is 28.1 Å². The Kier molecular flexibility index (Phi) is 5.04. The Labute approximate surface area is 206 Å². The van der Waals surface area contributed by atoms with E-state index in [-0.39, 0.29) is 33.0 Å². The third kappa shape index (κ3) is 2.75. The molecule has 4 fully saturated rings. The van der Waals surface area contributed by atoms with Crippen LogP contribution in [0.1, 0.15) is 106 Å². The first kappa shape index (κ1) is 24.5. The fraction of sp³-hybridized carbons (Fsp3) is 0.867. The number of fused-ring (bicyclic) bond motifs is 7. The largest absolute Gasteiger partial charge is 0.481 e. The smallest absolute Gasteiger partial charge is 0.309 e. The first-order valence-electron chi connectivity index (χ1n) is 13.7. The fourth-order valence-electron chi connectivity index (χ4n) is 10.5. The van der Waals surface area contributed by atoms with E-state index < -0.39 is 17.5 Å². The zero-order valence-corrected chi connectivity index (χ0v) is 22.5. The number of hydrogen-bond donors (Lipinski definition) is 2. The summed E-state index contributed by atoms with van der Waals surface area (Å²) in [5.41, 5.74) is 0.360. The first-order chi connectivity index (χ1) is 15.6. The van der Waals surface area contributed by atoms with Gasteiger partial charge in [-0.2, -0.15) is 0 Å². The minimum atomic E-state index is -0.877. The number of carbonyl (C=O) groups is 2. The minimum absolute atomic E-state index is 0.0101. The van der Waals surface area contributed by atoms with Crippen LogP contribution in [0.15, 0.2) is 11.6 Å². The molecule has 0 amide bonds. The molecule has 0 unspecified atom stereocenters. The number of carboxylic acid groups (broad SMARTS) is 1. The van der Waals surface area contributed by atoms with Gasteiger partial charge in [-0.1, -0.05) is 53.2 Å². The summed E-state index contributed by atoms with van der Waals surface area (Å²) in [6.07, 6.45) is 9.84. The lowest BCUT2D eigenvalue weighted by Crippen LogP contribution is -2.65. The summed E-state index contributed by atoms with van der Waals surface area (Å²) in [4.78, 5) is 25.2. The Hall–Kier alpha value is -1.16. The predicted octanol–water partition coefficient (Wildman–Crippen LogP) is 6.41. The lowest BCUT2D eigenvalue weighted by molar-refractivity contribution is -0.193. The number of allylic oxidation sites excluding steroid dienone is 2. The molecule has 0 heterocycles. The van der Waals surface area contributed by atoms with E-state index in [2.05, 4.69) is 47.6 Å². The minimum Gasteiger partial charge on any atom is -0.481 e. The van der Waals surface area contributed by atoms with E-state index in [1.54, 1.807) is 0 Å². The maximum atomic E-state index is 12.9. The number of aliphatic hydroxyl groups is 1. The molecule has 9 atom stereocenters. The Balaban J connectivity index is 1.59. The normalized spacial score (nSPS) is 54.1. The molecule has 0 spiro atoms. The number of aliphatic carboxylic acids is 1. The maximum Gasteiger partial charge on any atom is 0.309 e. The lowest BCUT2D eigenvalue weighted by Gasteiger charge is -2.71. The van der Waals surface area contributed by atoms with Gasteiger partial charge in [0.1, 0.15) is 5.78 Å². The van der Waals surface area contributed by atoms with Gasteiger partial charge < -0.3 is 10.2 Å². The molecule has 5 aliphatic rings. The predicted molar refractivity (Wildman–Crippen MR) is 133 cm³/mol. The first-order valence-corrected chi connectivity index (χ1v) is 13.7. The van der Waals surface area contributed by atoms with Crippen molar-refractivity contribution in [3.63, 3.8) is 0 Å². The molecule has 0 bridgehead atoms. The van der Waals surface area contributed by atoms with Crippen molar-refractivity contribution in [2.75, 3.05) is 0 Å². The van der Waals surface area contributed by atoms with Crippen molar-refractivity contribution in [1.82, 2.24) is 0 Å². The van der Waals surface area contributed by atoms with Gasteiger partial charge in [-0.05, 0) is 92.3 Å². The van der Waals surface area contributed by atoms with E-state index >= 15 is 0 Å². The van der Waals surface area contributed by atoms with Gasteiger partial charge in [0.15, 0.2) is 0 Å². The molecule has 4 nitrogen and oxygen atoms in total. The van der Waals surface area contributed by atoms with Crippen LogP contribution in [0.2, 0.25) is 0 Å². The Morgan fingerprint density at radius 1 is 0.912 bits per heavy atom. The van der Waals surface area contributed by atoms with Crippen molar-refractivity contribution in [1.29, 1.82) is 0 Å². The van der Waals surface area contributed by atoms with Crippen LogP contribution >= 0.6 is 0 Å². The van der Waals surface area contributed by atoms with Crippen molar-refractivity contribution >= 4 is 11.8 Å². The number of ketones is 1. The van der Waals surface area contributed by atoms with Gasteiger partial charge in [-0.15, -0.1) is 0 Å². The Morgan fingerprint density at radius 2 is 1.59 bits per heavy atom. The van der Waals surface area contributed by atoms with Gasteiger partial charge in [0, 0.05) is 17.3 Å². The average Bonchev–Trinajstić information content (AvgIpc) is 2.73. The molecular formula is C30H46O4. The SMILES string of the molecule is CC1(C)C(=O)CC[C@@]2(C)[C@@H]1CC[C@]1(C)[C@@H]2CC=C2[C@H]3C[C@@](C)(C(=O)O)C[C@H](O)[C@]3(C)CC[C@]21C. The molecule has 4 heteroatoms. The number of carboxylic acids is 1. The number of aliphatic hydroxyl groups excluding tert-OH is 1. The number of Topliss-reactive ketones (excluding diaryl/α,β-unsaturated/α-hetero) is 1. The van der Waals surface area contributed by atoms with E-state index in [9.17, 15) is 19.8 Å². The Bertz CT molecular complexity index is 965. The molecular weight excluding hydrogens is 424 g/mol. The third-order valence-corrected chi connectivity index (χ3v) is 13.2. The lowest BCUT2D eigenvalue weighted by atomic mass is 9.33. The Morgan fingerprint density at radius 3 is 2.24 bits per heavy atom. The van der Waals surface area contributed by atoms with Crippen molar-refractivity contribution in [3.05, 3.63) is 11.6 Å². The van der Waals surface area contributed by atoms with Crippen LogP contribution in [0, 0.1) is 50.2 Å². The van der Waals surface area contributed by atoms with Gasteiger partial charge in [-0.25, -0.2) is 0 Å². The second kappa shape index (κ2) is 6.99. The van der Waals surface area contributed by atoms with Gasteiger partial charge >= 0.3 is 5.97 Å². The van der Waals surface area contributed by atoms with Crippen LogP contribution in [0.5, 0.6) is 0 Å². The fourth-order valence-corrected chi connectivity index (χ4v) is 10.5. The van der Waals surface area contributed by atoms with E-state index in [1.165, 1.54) is 5.57 Å². The van der Waals surface area contributed by atoms with Crippen LogP contribution < -0.4 is 0 Å². The quantitative estimate of drug-likeness (QED) is 0.434. The van der Waals surface area contributed by atoms with Crippen LogP contribution in [0.25, 0.3) is 0 Å². The molecule has 0 saturated heterocycles. The molecule has 4 saturated carbocycles. The highest BCUT2D eigenvalue weighted by atomic mass is 16.4. The molecule has 5 aliphatic carbocycles. The zero-order valence-electron chi connectivity index (χ0n) is 22.5.